The van der Waals surface area contributed by atoms with E-state index in [1.165, 1.54) is 0 Å². The van der Waals surface area contributed by atoms with E-state index in [1.807, 2.05) is 68.4 Å². The first-order chi connectivity index (χ1) is 16.0. The highest BCUT2D eigenvalue weighted by Gasteiger charge is 2.51. The third kappa shape index (κ3) is 4.23. The SMILES string of the molecule is CC1(C)OC[C@@H]2O[C@H](COC(c3ccccc3)(c3ccccc3)c3ccccc3)[C@H](O)C2O1. The van der Waals surface area contributed by atoms with Gasteiger partial charge < -0.3 is 24.1 Å². The van der Waals surface area contributed by atoms with Crippen molar-refractivity contribution in [2.45, 2.75) is 49.7 Å². The van der Waals surface area contributed by atoms with Gasteiger partial charge in [0.05, 0.1) is 13.2 Å². The van der Waals surface area contributed by atoms with E-state index in [0.717, 1.165) is 16.7 Å². The number of fused-ring (bicyclic) bond motifs is 1. The highest BCUT2D eigenvalue weighted by Crippen LogP contribution is 2.42. The van der Waals surface area contributed by atoms with Gasteiger partial charge in [-0.1, -0.05) is 91.0 Å². The second-order valence-corrected chi connectivity index (χ2v) is 9.09. The molecular formula is C28H30O5. The van der Waals surface area contributed by atoms with Crippen LogP contribution in [0.5, 0.6) is 0 Å². The first-order valence-corrected chi connectivity index (χ1v) is 11.5. The summed E-state index contributed by atoms with van der Waals surface area (Å²) in [6.45, 7) is 4.28. The average molecular weight is 447 g/mol. The third-order valence-corrected chi connectivity index (χ3v) is 6.45. The van der Waals surface area contributed by atoms with Crippen LogP contribution >= 0.6 is 0 Å². The average Bonchev–Trinajstić information content (AvgIpc) is 3.15. The smallest absolute Gasteiger partial charge is 0.163 e. The molecule has 5 heteroatoms. The second kappa shape index (κ2) is 9.01. The topological polar surface area (TPSA) is 57.2 Å². The maximum Gasteiger partial charge on any atom is 0.163 e. The molecule has 2 aliphatic rings. The van der Waals surface area contributed by atoms with Gasteiger partial charge in [0.25, 0.3) is 0 Å². The van der Waals surface area contributed by atoms with Gasteiger partial charge in [0.2, 0.25) is 0 Å². The van der Waals surface area contributed by atoms with Gasteiger partial charge in [0.15, 0.2) is 5.79 Å². The maximum atomic E-state index is 11.0. The van der Waals surface area contributed by atoms with E-state index in [2.05, 4.69) is 36.4 Å². The largest absolute Gasteiger partial charge is 0.387 e. The molecule has 5 rings (SSSR count). The fourth-order valence-electron chi connectivity index (χ4n) is 4.85. The minimum atomic E-state index is -0.864. The summed E-state index contributed by atoms with van der Waals surface area (Å²) in [5, 5.41) is 11.0. The quantitative estimate of drug-likeness (QED) is 0.573. The number of benzene rings is 3. The highest BCUT2D eigenvalue weighted by atomic mass is 16.7. The summed E-state index contributed by atoms with van der Waals surface area (Å²) in [6.07, 6.45) is -2.10. The summed E-state index contributed by atoms with van der Waals surface area (Å²) in [6, 6.07) is 30.5. The van der Waals surface area contributed by atoms with Gasteiger partial charge in [-0.2, -0.15) is 0 Å². The molecule has 2 saturated heterocycles. The van der Waals surface area contributed by atoms with Gasteiger partial charge in [0, 0.05) is 0 Å². The second-order valence-electron chi connectivity index (χ2n) is 9.09. The molecule has 0 spiro atoms. The van der Waals surface area contributed by atoms with Crippen LogP contribution < -0.4 is 0 Å². The summed E-state index contributed by atoms with van der Waals surface area (Å²) in [5.41, 5.74) is 2.16. The van der Waals surface area contributed by atoms with Crippen LogP contribution in [0, 0.1) is 0 Å². The number of rotatable bonds is 6. The number of aliphatic hydroxyl groups is 1. The molecule has 0 aliphatic carbocycles. The van der Waals surface area contributed by atoms with Crippen LogP contribution in [0.3, 0.4) is 0 Å². The lowest BCUT2D eigenvalue weighted by atomic mass is 9.80. The molecule has 33 heavy (non-hydrogen) atoms. The van der Waals surface area contributed by atoms with Crippen molar-refractivity contribution in [2.75, 3.05) is 13.2 Å². The molecule has 3 aromatic rings. The molecule has 2 heterocycles. The fraction of sp³-hybridized carbons (Fsp3) is 0.357. The number of ether oxygens (including phenoxy) is 4. The van der Waals surface area contributed by atoms with Gasteiger partial charge in [-0.25, -0.2) is 0 Å². The van der Waals surface area contributed by atoms with E-state index in [9.17, 15) is 5.11 Å². The Hall–Kier alpha value is -2.54. The number of hydrogen-bond donors (Lipinski definition) is 1. The van der Waals surface area contributed by atoms with Crippen molar-refractivity contribution in [3.8, 4) is 0 Å². The van der Waals surface area contributed by atoms with E-state index in [0.29, 0.717) is 6.61 Å². The zero-order valence-corrected chi connectivity index (χ0v) is 19.0. The Labute approximate surface area is 194 Å². The van der Waals surface area contributed by atoms with Crippen molar-refractivity contribution in [2.24, 2.45) is 0 Å². The molecule has 0 saturated carbocycles. The molecule has 0 amide bonds. The molecule has 5 nitrogen and oxygen atoms in total. The van der Waals surface area contributed by atoms with Crippen LogP contribution in [0.4, 0.5) is 0 Å². The van der Waals surface area contributed by atoms with Crippen LogP contribution in [0.15, 0.2) is 91.0 Å². The zero-order valence-electron chi connectivity index (χ0n) is 19.0. The van der Waals surface area contributed by atoms with E-state index >= 15 is 0 Å². The third-order valence-electron chi connectivity index (χ3n) is 6.45. The predicted molar refractivity (Wildman–Crippen MR) is 125 cm³/mol. The number of aliphatic hydroxyl groups excluding tert-OH is 1. The van der Waals surface area contributed by atoms with E-state index in [-0.39, 0.29) is 12.7 Å². The molecule has 1 unspecified atom stereocenters. The monoisotopic (exact) mass is 446 g/mol. The first kappa shape index (κ1) is 22.3. The Morgan fingerprint density at radius 2 is 1.33 bits per heavy atom. The minimum Gasteiger partial charge on any atom is -0.387 e. The Balaban J connectivity index is 1.51. The van der Waals surface area contributed by atoms with Gasteiger partial charge in [-0.3, -0.25) is 0 Å². The van der Waals surface area contributed by atoms with Crippen LogP contribution in [0.2, 0.25) is 0 Å². The van der Waals surface area contributed by atoms with Crippen molar-refractivity contribution in [3.63, 3.8) is 0 Å². The van der Waals surface area contributed by atoms with Crippen LogP contribution in [-0.4, -0.2) is 48.5 Å². The van der Waals surface area contributed by atoms with Gasteiger partial charge in [-0.05, 0) is 30.5 Å². The summed E-state index contributed by atoms with van der Waals surface area (Å²) >= 11 is 0. The summed E-state index contributed by atoms with van der Waals surface area (Å²) in [4.78, 5) is 0. The van der Waals surface area contributed by atoms with Crippen LogP contribution in [-0.2, 0) is 24.5 Å². The van der Waals surface area contributed by atoms with E-state index in [4.69, 9.17) is 18.9 Å². The minimum absolute atomic E-state index is 0.191. The molecule has 2 fully saturated rings. The molecule has 0 aromatic heterocycles. The van der Waals surface area contributed by atoms with Crippen molar-refractivity contribution in [3.05, 3.63) is 108 Å². The van der Waals surface area contributed by atoms with E-state index < -0.39 is 29.7 Å². The summed E-state index contributed by atoms with van der Waals surface area (Å²) in [5.74, 6) is -0.747. The maximum absolute atomic E-state index is 11.0. The van der Waals surface area contributed by atoms with Crippen LogP contribution in [0.1, 0.15) is 30.5 Å². The molecule has 0 radical (unpaired) electrons. The van der Waals surface area contributed by atoms with Crippen LogP contribution in [0.25, 0.3) is 0 Å². The normalized spacial score (nSPS) is 26.6. The molecule has 172 valence electrons. The Morgan fingerprint density at radius 1 is 0.848 bits per heavy atom. The van der Waals surface area contributed by atoms with Crippen molar-refractivity contribution < 1.29 is 24.1 Å². The fourth-order valence-corrected chi connectivity index (χ4v) is 4.85. The Kier molecular flexibility index (Phi) is 6.08. The highest BCUT2D eigenvalue weighted by molar-refractivity contribution is 5.47. The lowest BCUT2D eigenvalue weighted by Crippen LogP contribution is -2.50. The first-order valence-electron chi connectivity index (χ1n) is 11.5. The zero-order chi connectivity index (χ0) is 22.9. The predicted octanol–water partition coefficient (Wildman–Crippen LogP) is 4.27. The molecule has 4 atom stereocenters. The van der Waals surface area contributed by atoms with E-state index in [1.54, 1.807) is 0 Å². The van der Waals surface area contributed by atoms with Crippen molar-refractivity contribution in [1.82, 2.24) is 0 Å². The molecule has 3 aromatic carbocycles. The van der Waals surface area contributed by atoms with Gasteiger partial charge in [0.1, 0.15) is 30.0 Å². The standard InChI is InChI=1S/C28H30O5/c1-27(2)30-19-24-26(33-27)25(29)23(32-24)18-31-28(20-12-6-3-7-13-20,21-14-8-4-9-15-21)22-16-10-5-11-17-22/h3-17,23-26,29H,18-19H2,1-2H3/t23-,24+,25+,26?/m1/s1. The summed E-state index contributed by atoms with van der Waals surface area (Å²) in [7, 11) is 0. The molecule has 0 bridgehead atoms. The lowest BCUT2D eigenvalue weighted by Gasteiger charge is -2.37. The molecular weight excluding hydrogens is 416 g/mol. The van der Waals surface area contributed by atoms with Crippen molar-refractivity contribution in [1.29, 1.82) is 0 Å². The Morgan fingerprint density at radius 3 is 1.82 bits per heavy atom. The Bertz CT molecular complexity index is 941. The lowest BCUT2D eigenvalue weighted by molar-refractivity contribution is -0.300. The molecule has 2 aliphatic heterocycles. The van der Waals surface area contributed by atoms with Crippen molar-refractivity contribution >= 4 is 0 Å². The van der Waals surface area contributed by atoms with Gasteiger partial charge >= 0.3 is 0 Å². The summed E-state index contributed by atoms with van der Waals surface area (Å²) < 4.78 is 24.7. The van der Waals surface area contributed by atoms with Gasteiger partial charge in [-0.15, -0.1) is 0 Å². The number of hydrogen-bond acceptors (Lipinski definition) is 5. The molecule has 1 N–H and O–H groups in total.